The predicted octanol–water partition coefficient (Wildman–Crippen LogP) is -0.757. The van der Waals surface area contributed by atoms with Crippen molar-refractivity contribution in [2.75, 3.05) is 23.9 Å². The number of aliphatic carboxylic acids is 1. The number of carboxylic acids is 1. The highest BCUT2D eigenvalue weighted by molar-refractivity contribution is 8.01. The lowest BCUT2D eigenvalue weighted by Gasteiger charge is -2.49. The van der Waals surface area contributed by atoms with Gasteiger partial charge in [-0.1, -0.05) is 17.8 Å². The Kier molecular flexibility index (Phi) is 8.30. The summed E-state index contributed by atoms with van der Waals surface area (Å²) in [5, 5.41) is 28.1. The number of thioether (sulfide) groups is 2. The summed E-state index contributed by atoms with van der Waals surface area (Å²) in [5.74, 6) is -2.05. The van der Waals surface area contributed by atoms with Gasteiger partial charge in [-0.3, -0.25) is 24.4 Å². The van der Waals surface area contributed by atoms with E-state index in [0.29, 0.717) is 16.5 Å². The van der Waals surface area contributed by atoms with E-state index in [4.69, 9.17) is 4.55 Å². The van der Waals surface area contributed by atoms with E-state index in [1.165, 1.54) is 44.4 Å². The fourth-order valence-corrected chi connectivity index (χ4v) is 7.06. The molecule has 194 valence electrons. The second kappa shape index (κ2) is 11.3. The van der Waals surface area contributed by atoms with Crippen molar-refractivity contribution < 1.29 is 32.5 Å². The summed E-state index contributed by atoms with van der Waals surface area (Å²) in [6.45, 7) is 0.380. The number of carbonyl (C=O) groups is 3. The van der Waals surface area contributed by atoms with Gasteiger partial charge in [-0.2, -0.15) is 8.42 Å². The average molecular weight is 576 g/mol. The molecule has 2 aromatic rings. The summed E-state index contributed by atoms with van der Waals surface area (Å²) in [6.07, 6.45) is 0.155. The summed E-state index contributed by atoms with van der Waals surface area (Å²) in [6, 6.07) is 2.88. The molecule has 1 unspecified atom stereocenters. The molecule has 2 amide bonds. The molecule has 2 aliphatic rings. The lowest BCUT2D eigenvalue weighted by atomic mass is 10.0. The standard InChI is InChI=1S/C18H21N7O7S4/c26-12(6-11-2-1-5-33-11)20-13-15(27)25-14(17(28)29)10(7-34-16(13)25)8-35-18-21-22-23-24(18)4-3-19-9-36(30,31)32/h1-2,5,13,16,19H,3-4,6-9H2,(H,20,26)(H,28,29)(H,30,31,32)/t13?,16-/m0/s1. The summed E-state index contributed by atoms with van der Waals surface area (Å²) in [5.41, 5.74) is 0.415. The topological polar surface area (TPSA) is 197 Å². The maximum atomic E-state index is 12.8. The van der Waals surface area contributed by atoms with Gasteiger partial charge < -0.3 is 10.4 Å². The lowest BCUT2D eigenvalue weighted by molar-refractivity contribution is -0.150. The first-order valence-electron chi connectivity index (χ1n) is 10.4. The number of amides is 2. The van der Waals surface area contributed by atoms with Gasteiger partial charge in [0.15, 0.2) is 0 Å². The van der Waals surface area contributed by atoms with Crippen LogP contribution < -0.4 is 10.6 Å². The number of β-lactam (4-membered cyclic amide) rings is 1. The molecular weight excluding hydrogens is 555 g/mol. The van der Waals surface area contributed by atoms with Crippen LogP contribution in [0.25, 0.3) is 0 Å². The molecule has 0 aromatic carbocycles. The normalized spacial score (nSPS) is 19.7. The minimum atomic E-state index is -4.14. The van der Waals surface area contributed by atoms with E-state index in [1.807, 2.05) is 17.5 Å². The number of nitrogens with zero attached hydrogens (tertiary/aromatic N) is 5. The Bertz CT molecular complexity index is 1280. The van der Waals surface area contributed by atoms with Crippen LogP contribution in [0.15, 0.2) is 33.9 Å². The molecule has 4 heterocycles. The third kappa shape index (κ3) is 6.24. The van der Waals surface area contributed by atoms with Crippen LogP contribution in [-0.2, 0) is 37.5 Å². The number of aromatic nitrogens is 4. The molecule has 0 saturated carbocycles. The summed E-state index contributed by atoms with van der Waals surface area (Å²) >= 11 is 3.99. The number of rotatable bonds is 12. The first-order valence-corrected chi connectivity index (χ1v) is 14.9. The van der Waals surface area contributed by atoms with E-state index < -0.39 is 39.3 Å². The number of carbonyl (C=O) groups excluding carboxylic acids is 2. The second-order valence-electron chi connectivity index (χ2n) is 7.67. The zero-order chi connectivity index (χ0) is 25.9. The molecule has 2 aromatic heterocycles. The summed E-state index contributed by atoms with van der Waals surface area (Å²) in [4.78, 5) is 39.3. The van der Waals surface area contributed by atoms with Crippen LogP contribution in [0.3, 0.4) is 0 Å². The first-order chi connectivity index (χ1) is 17.1. The highest BCUT2D eigenvalue weighted by Gasteiger charge is 2.54. The molecule has 0 aliphatic carbocycles. The van der Waals surface area contributed by atoms with Crippen LogP contribution in [-0.4, -0.2) is 96.3 Å². The van der Waals surface area contributed by atoms with Gasteiger partial charge in [0.25, 0.3) is 16.0 Å². The van der Waals surface area contributed by atoms with Gasteiger partial charge in [0, 0.05) is 22.9 Å². The molecule has 14 nitrogen and oxygen atoms in total. The van der Waals surface area contributed by atoms with Crippen molar-refractivity contribution in [3.8, 4) is 0 Å². The number of thiophene rings is 1. The van der Waals surface area contributed by atoms with Gasteiger partial charge in [0.05, 0.1) is 13.0 Å². The first kappa shape index (κ1) is 26.6. The number of nitrogens with one attached hydrogen (secondary N) is 2. The molecule has 4 rings (SSSR count). The van der Waals surface area contributed by atoms with Crippen molar-refractivity contribution in [2.24, 2.45) is 0 Å². The molecule has 1 fully saturated rings. The number of hydrogen-bond donors (Lipinski definition) is 4. The monoisotopic (exact) mass is 575 g/mol. The van der Waals surface area contributed by atoms with Crippen molar-refractivity contribution in [2.45, 2.75) is 29.5 Å². The van der Waals surface area contributed by atoms with E-state index in [9.17, 15) is 27.9 Å². The smallest absolute Gasteiger partial charge is 0.352 e. The van der Waals surface area contributed by atoms with Gasteiger partial charge in [-0.15, -0.1) is 28.2 Å². The molecule has 2 aliphatic heterocycles. The third-order valence-electron chi connectivity index (χ3n) is 5.14. The Morgan fingerprint density at radius 3 is 2.83 bits per heavy atom. The average Bonchev–Trinajstić information content (AvgIpc) is 3.49. The number of fused-ring (bicyclic) bond motifs is 1. The zero-order valence-electron chi connectivity index (χ0n) is 18.4. The molecule has 36 heavy (non-hydrogen) atoms. The van der Waals surface area contributed by atoms with Crippen molar-refractivity contribution in [3.63, 3.8) is 0 Å². The van der Waals surface area contributed by atoms with Gasteiger partial charge >= 0.3 is 5.97 Å². The van der Waals surface area contributed by atoms with Crippen LogP contribution in [0, 0.1) is 0 Å². The molecule has 0 spiro atoms. The van der Waals surface area contributed by atoms with Crippen molar-refractivity contribution in [3.05, 3.63) is 33.7 Å². The molecule has 2 atom stereocenters. The van der Waals surface area contributed by atoms with Crippen molar-refractivity contribution in [1.29, 1.82) is 0 Å². The summed E-state index contributed by atoms with van der Waals surface area (Å²) < 4.78 is 31.7. The molecule has 4 N–H and O–H groups in total. The largest absolute Gasteiger partial charge is 0.477 e. The van der Waals surface area contributed by atoms with Gasteiger partial charge in [-0.25, -0.2) is 9.48 Å². The Labute approximate surface area is 217 Å². The fourth-order valence-electron chi connectivity index (χ4n) is 3.57. The van der Waals surface area contributed by atoms with E-state index in [0.717, 1.165) is 4.88 Å². The molecule has 1 saturated heterocycles. The van der Waals surface area contributed by atoms with Gasteiger partial charge in [-0.05, 0) is 27.4 Å². The molecular formula is C18H21N7O7S4. The maximum absolute atomic E-state index is 12.8. The van der Waals surface area contributed by atoms with Crippen molar-refractivity contribution in [1.82, 2.24) is 35.7 Å². The number of tetrazole rings is 1. The van der Waals surface area contributed by atoms with E-state index in [-0.39, 0.29) is 36.9 Å². The Morgan fingerprint density at radius 2 is 2.14 bits per heavy atom. The van der Waals surface area contributed by atoms with Gasteiger partial charge in [0.2, 0.25) is 11.1 Å². The Morgan fingerprint density at radius 1 is 1.33 bits per heavy atom. The number of carboxylic acid groups (broad SMARTS) is 1. The SMILES string of the molecule is O=C(Cc1cccs1)NC1C(=O)N2C(C(=O)O)=C(CSc3nnnn3CCNCS(=O)(=O)O)CS[C@@H]12. The molecule has 0 bridgehead atoms. The quantitative estimate of drug-likeness (QED) is 0.107. The highest BCUT2D eigenvalue weighted by atomic mass is 32.2. The number of hydrogen-bond acceptors (Lipinski definition) is 12. The van der Waals surface area contributed by atoms with Crippen LogP contribution in [0.2, 0.25) is 0 Å². The van der Waals surface area contributed by atoms with Gasteiger partial charge in [0.1, 0.15) is 23.0 Å². The third-order valence-corrected chi connectivity index (χ3v) is 8.97. The van der Waals surface area contributed by atoms with Crippen LogP contribution in [0.1, 0.15) is 4.88 Å². The fraction of sp³-hybridized carbons (Fsp3) is 0.444. The minimum absolute atomic E-state index is 0.103. The van der Waals surface area contributed by atoms with Crippen molar-refractivity contribution >= 4 is 62.8 Å². The minimum Gasteiger partial charge on any atom is -0.477 e. The maximum Gasteiger partial charge on any atom is 0.352 e. The lowest BCUT2D eigenvalue weighted by Crippen LogP contribution is -2.70. The van der Waals surface area contributed by atoms with Crippen LogP contribution >= 0.6 is 34.9 Å². The predicted molar refractivity (Wildman–Crippen MR) is 131 cm³/mol. The highest BCUT2D eigenvalue weighted by Crippen LogP contribution is 2.41. The van der Waals surface area contributed by atoms with Crippen LogP contribution in [0.5, 0.6) is 0 Å². The second-order valence-corrected chi connectivity index (χ2v) is 12.2. The Balaban J connectivity index is 1.36. The van der Waals surface area contributed by atoms with E-state index in [2.05, 4.69) is 26.2 Å². The van der Waals surface area contributed by atoms with E-state index >= 15 is 0 Å². The Hall–Kier alpha value is -2.51. The summed E-state index contributed by atoms with van der Waals surface area (Å²) in [7, 11) is -4.14. The van der Waals surface area contributed by atoms with Crippen LogP contribution in [0.4, 0.5) is 0 Å². The van der Waals surface area contributed by atoms with E-state index in [1.54, 1.807) is 0 Å². The molecule has 18 heteroatoms. The molecule has 0 radical (unpaired) electrons. The zero-order valence-corrected chi connectivity index (χ0v) is 21.7.